The second-order valence-electron chi connectivity index (χ2n) is 4.88. The number of rotatable bonds is 7. The van der Waals surface area contributed by atoms with Crippen molar-refractivity contribution in [1.82, 2.24) is 5.32 Å². The van der Waals surface area contributed by atoms with Crippen molar-refractivity contribution in [3.8, 4) is 5.75 Å². The molecule has 2 aromatic carbocycles. The van der Waals surface area contributed by atoms with E-state index in [1.54, 1.807) is 0 Å². The van der Waals surface area contributed by atoms with E-state index < -0.39 is 6.10 Å². The number of ether oxygens (including phenoxy) is 1. The number of halogens is 3. The van der Waals surface area contributed by atoms with Crippen LogP contribution in [0.5, 0.6) is 5.75 Å². The predicted octanol–water partition coefficient (Wildman–Crippen LogP) is 4.86. The van der Waals surface area contributed by atoms with Crippen LogP contribution in [-0.2, 0) is 6.54 Å². The van der Waals surface area contributed by atoms with Gasteiger partial charge >= 0.3 is 0 Å². The molecule has 0 aliphatic heterocycles. The van der Waals surface area contributed by atoms with Gasteiger partial charge in [0.05, 0.1) is 21.7 Å². The maximum atomic E-state index is 10.1. The largest absolute Gasteiger partial charge is 0.492 e. The Balaban J connectivity index is 0.00000264. The van der Waals surface area contributed by atoms with Gasteiger partial charge in [-0.2, -0.15) is 0 Å². The Morgan fingerprint density at radius 1 is 1.13 bits per heavy atom. The first-order valence-corrected chi connectivity index (χ1v) is 8.75. The molecule has 0 aliphatic rings. The zero-order chi connectivity index (χ0) is 15.9. The lowest BCUT2D eigenvalue weighted by Crippen LogP contribution is -2.21. The van der Waals surface area contributed by atoms with Crippen LogP contribution < -0.4 is 10.1 Å². The van der Waals surface area contributed by atoms with Crippen LogP contribution in [0.2, 0.25) is 0 Å². The lowest BCUT2D eigenvalue weighted by Gasteiger charge is -2.14. The van der Waals surface area contributed by atoms with Crippen molar-refractivity contribution in [1.29, 1.82) is 0 Å². The summed E-state index contributed by atoms with van der Waals surface area (Å²) >= 11 is 7.05. The highest BCUT2D eigenvalue weighted by Gasteiger charge is 2.10. The minimum absolute atomic E-state index is 0. The summed E-state index contributed by atoms with van der Waals surface area (Å²) in [6.45, 7) is 3.76. The van der Waals surface area contributed by atoms with Crippen LogP contribution in [0, 0.1) is 0 Å². The highest BCUT2D eigenvalue weighted by Crippen LogP contribution is 2.34. The number of aliphatic hydroxyl groups excluding tert-OH is 1. The zero-order valence-electron chi connectivity index (χ0n) is 12.8. The van der Waals surface area contributed by atoms with Gasteiger partial charge in [-0.25, -0.2) is 0 Å². The van der Waals surface area contributed by atoms with Gasteiger partial charge in [-0.15, -0.1) is 12.4 Å². The Morgan fingerprint density at radius 3 is 2.30 bits per heavy atom. The summed E-state index contributed by atoms with van der Waals surface area (Å²) in [6.07, 6.45) is -0.504. The third kappa shape index (κ3) is 6.08. The van der Waals surface area contributed by atoms with E-state index in [0.717, 1.165) is 25.8 Å². The van der Waals surface area contributed by atoms with Gasteiger partial charge in [0.15, 0.2) is 0 Å². The second-order valence-corrected chi connectivity index (χ2v) is 6.59. The van der Waals surface area contributed by atoms with Gasteiger partial charge in [0.1, 0.15) is 5.75 Å². The fourth-order valence-electron chi connectivity index (χ4n) is 2.14. The molecular formula is C17H20Br2ClNO2. The molecule has 0 aromatic heterocycles. The lowest BCUT2D eigenvalue weighted by molar-refractivity contribution is 0.174. The highest BCUT2D eigenvalue weighted by atomic mass is 79.9. The topological polar surface area (TPSA) is 41.5 Å². The standard InChI is InChI=1S/C17H19Br2NO2.ClH/c1-2-22-17-14(18)8-12(9-15(17)19)10-20-11-16(21)13-6-4-3-5-7-13;/h3-9,16,20-21H,2,10-11H2,1H3;1H. The van der Waals surface area contributed by atoms with Crippen molar-refractivity contribution in [3.05, 3.63) is 62.5 Å². The number of hydrogen-bond acceptors (Lipinski definition) is 3. The van der Waals surface area contributed by atoms with Gasteiger partial charge in [0.2, 0.25) is 0 Å². The SMILES string of the molecule is CCOc1c(Br)cc(CNCC(O)c2ccccc2)cc1Br.Cl. The second kappa shape index (κ2) is 10.3. The molecule has 1 unspecified atom stereocenters. The molecule has 2 N–H and O–H groups in total. The van der Waals surface area contributed by atoms with Crippen LogP contribution >= 0.6 is 44.3 Å². The summed E-state index contributed by atoms with van der Waals surface area (Å²) in [5, 5.41) is 13.4. The molecule has 0 fully saturated rings. The van der Waals surface area contributed by atoms with Crippen LogP contribution in [0.1, 0.15) is 24.2 Å². The minimum atomic E-state index is -0.504. The van der Waals surface area contributed by atoms with E-state index >= 15 is 0 Å². The normalized spacial score (nSPS) is 11.7. The van der Waals surface area contributed by atoms with E-state index in [4.69, 9.17) is 4.74 Å². The molecular weight excluding hydrogens is 445 g/mol. The van der Waals surface area contributed by atoms with Gasteiger partial charge in [-0.1, -0.05) is 30.3 Å². The van der Waals surface area contributed by atoms with E-state index in [-0.39, 0.29) is 12.4 Å². The number of hydrogen-bond donors (Lipinski definition) is 2. The minimum Gasteiger partial charge on any atom is -0.492 e. The van der Waals surface area contributed by atoms with E-state index in [1.807, 2.05) is 49.4 Å². The zero-order valence-corrected chi connectivity index (χ0v) is 16.7. The number of aliphatic hydroxyl groups is 1. The van der Waals surface area contributed by atoms with E-state index in [9.17, 15) is 5.11 Å². The molecule has 0 radical (unpaired) electrons. The summed E-state index contributed by atoms with van der Waals surface area (Å²) < 4.78 is 7.41. The molecule has 0 spiro atoms. The molecule has 0 saturated heterocycles. The van der Waals surface area contributed by atoms with Crippen LogP contribution in [-0.4, -0.2) is 18.3 Å². The van der Waals surface area contributed by atoms with Gasteiger partial charge in [0.25, 0.3) is 0 Å². The number of benzene rings is 2. The van der Waals surface area contributed by atoms with E-state index in [0.29, 0.717) is 19.7 Å². The van der Waals surface area contributed by atoms with E-state index in [2.05, 4.69) is 37.2 Å². The third-order valence-electron chi connectivity index (χ3n) is 3.20. The van der Waals surface area contributed by atoms with Crippen LogP contribution in [0.15, 0.2) is 51.4 Å². The molecule has 6 heteroatoms. The van der Waals surface area contributed by atoms with Crippen molar-refractivity contribution in [2.75, 3.05) is 13.2 Å². The van der Waals surface area contributed by atoms with Crippen LogP contribution in [0.25, 0.3) is 0 Å². The summed E-state index contributed by atoms with van der Waals surface area (Å²) in [7, 11) is 0. The first-order valence-electron chi connectivity index (χ1n) is 7.16. The van der Waals surface area contributed by atoms with E-state index in [1.165, 1.54) is 0 Å². The molecule has 3 nitrogen and oxygen atoms in total. The molecule has 0 bridgehead atoms. The smallest absolute Gasteiger partial charge is 0.147 e. The van der Waals surface area contributed by atoms with Crippen molar-refractivity contribution in [3.63, 3.8) is 0 Å². The molecule has 0 heterocycles. The average Bonchev–Trinajstić information content (AvgIpc) is 2.51. The predicted molar refractivity (Wildman–Crippen MR) is 103 cm³/mol. The third-order valence-corrected chi connectivity index (χ3v) is 4.38. The van der Waals surface area contributed by atoms with Crippen LogP contribution in [0.4, 0.5) is 0 Å². The average molecular weight is 466 g/mol. The fraction of sp³-hybridized carbons (Fsp3) is 0.294. The van der Waals surface area contributed by atoms with Crippen molar-refractivity contribution >= 4 is 44.3 Å². The van der Waals surface area contributed by atoms with Crippen molar-refractivity contribution < 1.29 is 9.84 Å². The van der Waals surface area contributed by atoms with Crippen molar-refractivity contribution in [2.24, 2.45) is 0 Å². The maximum absolute atomic E-state index is 10.1. The van der Waals surface area contributed by atoms with Gasteiger partial charge in [-0.05, 0) is 62.0 Å². The Kier molecular flexibility index (Phi) is 9.17. The van der Waals surface area contributed by atoms with Crippen molar-refractivity contribution in [2.45, 2.75) is 19.6 Å². The summed E-state index contributed by atoms with van der Waals surface area (Å²) in [6, 6.07) is 13.7. The maximum Gasteiger partial charge on any atom is 0.147 e. The van der Waals surface area contributed by atoms with Gasteiger partial charge in [-0.3, -0.25) is 0 Å². The molecule has 2 rings (SSSR count). The van der Waals surface area contributed by atoms with Gasteiger partial charge in [0, 0.05) is 13.1 Å². The molecule has 0 aliphatic carbocycles. The Morgan fingerprint density at radius 2 is 1.74 bits per heavy atom. The molecule has 1 atom stereocenters. The van der Waals surface area contributed by atoms with Gasteiger partial charge < -0.3 is 15.2 Å². The molecule has 0 amide bonds. The first-order chi connectivity index (χ1) is 10.6. The Bertz CT molecular complexity index is 588. The summed E-state index contributed by atoms with van der Waals surface area (Å²) in [5.41, 5.74) is 2.03. The summed E-state index contributed by atoms with van der Waals surface area (Å²) in [4.78, 5) is 0. The fourth-order valence-corrected chi connectivity index (χ4v) is 3.65. The lowest BCUT2D eigenvalue weighted by atomic mass is 10.1. The monoisotopic (exact) mass is 463 g/mol. The molecule has 0 saturated carbocycles. The summed E-state index contributed by atoms with van der Waals surface area (Å²) in [5.74, 6) is 0.815. The van der Waals surface area contributed by atoms with Crippen LogP contribution in [0.3, 0.4) is 0 Å². The number of nitrogens with one attached hydrogen (secondary N) is 1. The first kappa shape index (κ1) is 20.5. The molecule has 2 aromatic rings. The highest BCUT2D eigenvalue weighted by molar-refractivity contribution is 9.11. The Hall–Kier alpha value is -0.590. The quantitative estimate of drug-likeness (QED) is 0.614. The Labute approximate surface area is 160 Å². The molecule has 126 valence electrons. The molecule has 23 heavy (non-hydrogen) atoms.